The predicted molar refractivity (Wildman–Crippen MR) is 89.3 cm³/mol. The minimum absolute atomic E-state index is 0.0181. The van der Waals surface area contributed by atoms with Crippen molar-refractivity contribution in [3.05, 3.63) is 58.9 Å². The zero-order valence-corrected chi connectivity index (χ0v) is 14.3. The van der Waals surface area contributed by atoms with Gasteiger partial charge in [0, 0.05) is 12.3 Å². The SMILES string of the molecule is O=S(=O)(Nc1cc(F)c(C2CC2)cc1F)c1cnn2cc(Cl)ccc12. The number of rotatable bonds is 4. The van der Waals surface area contributed by atoms with Crippen molar-refractivity contribution < 1.29 is 17.2 Å². The van der Waals surface area contributed by atoms with Gasteiger partial charge in [0.05, 0.1) is 22.4 Å². The van der Waals surface area contributed by atoms with Gasteiger partial charge in [-0.1, -0.05) is 11.6 Å². The van der Waals surface area contributed by atoms with Gasteiger partial charge >= 0.3 is 0 Å². The average molecular weight is 384 g/mol. The second kappa shape index (κ2) is 5.67. The number of aromatic nitrogens is 2. The molecule has 25 heavy (non-hydrogen) atoms. The third-order valence-corrected chi connectivity index (χ3v) is 5.69. The molecule has 1 fully saturated rings. The molecule has 0 amide bonds. The standard InChI is InChI=1S/C16H12ClF2N3O2S/c17-10-3-4-15-16(7-20-22(15)8-10)25(23,24)21-14-6-12(18)11(5-13(14)19)9-1-2-9/h3-9,21H,1-2H2. The Hall–Kier alpha value is -2.19. The molecule has 9 heteroatoms. The lowest BCUT2D eigenvalue weighted by atomic mass is 10.1. The summed E-state index contributed by atoms with van der Waals surface area (Å²) in [6, 6.07) is 4.93. The molecule has 0 atom stereocenters. The molecule has 1 saturated carbocycles. The van der Waals surface area contributed by atoms with E-state index in [-0.39, 0.29) is 21.9 Å². The Morgan fingerprint density at radius 3 is 2.68 bits per heavy atom. The van der Waals surface area contributed by atoms with Crippen LogP contribution >= 0.6 is 11.6 Å². The zero-order chi connectivity index (χ0) is 17.8. The molecule has 130 valence electrons. The normalized spacial score (nSPS) is 14.8. The molecule has 1 aromatic carbocycles. The molecule has 0 radical (unpaired) electrons. The van der Waals surface area contributed by atoms with Crippen molar-refractivity contribution in [2.24, 2.45) is 0 Å². The Labute approximate surface area is 147 Å². The van der Waals surface area contributed by atoms with Gasteiger partial charge in [-0.25, -0.2) is 21.7 Å². The van der Waals surface area contributed by atoms with Gasteiger partial charge in [0.2, 0.25) is 0 Å². The van der Waals surface area contributed by atoms with E-state index >= 15 is 0 Å². The molecule has 4 rings (SSSR count). The maximum atomic E-state index is 14.2. The van der Waals surface area contributed by atoms with E-state index in [2.05, 4.69) is 9.82 Å². The lowest BCUT2D eigenvalue weighted by Gasteiger charge is -2.10. The lowest BCUT2D eigenvalue weighted by Crippen LogP contribution is -2.14. The number of sulfonamides is 1. The third-order valence-electron chi connectivity index (χ3n) is 4.08. The van der Waals surface area contributed by atoms with Crippen molar-refractivity contribution in [3.63, 3.8) is 0 Å². The first-order valence-corrected chi connectivity index (χ1v) is 9.36. The molecule has 0 aliphatic heterocycles. The summed E-state index contributed by atoms with van der Waals surface area (Å²) in [5.74, 6) is -1.41. The monoisotopic (exact) mass is 383 g/mol. The van der Waals surface area contributed by atoms with E-state index in [9.17, 15) is 17.2 Å². The molecule has 3 aromatic rings. The van der Waals surface area contributed by atoms with Crippen molar-refractivity contribution in [2.75, 3.05) is 4.72 Å². The van der Waals surface area contributed by atoms with E-state index in [1.54, 1.807) is 0 Å². The quantitative estimate of drug-likeness (QED) is 0.742. The van der Waals surface area contributed by atoms with Crippen LogP contribution in [-0.4, -0.2) is 18.0 Å². The van der Waals surface area contributed by atoms with Crippen LogP contribution in [0.2, 0.25) is 5.02 Å². The molecule has 1 aliphatic carbocycles. The van der Waals surface area contributed by atoms with Gasteiger partial charge < -0.3 is 0 Å². The number of halogens is 3. The number of hydrogen-bond donors (Lipinski definition) is 1. The Bertz CT molecular complexity index is 1090. The number of fused-ring (bicyclic) bond motifs is 1. The minimum Gasteiger partial charge on any atom is -0.276 e. The van der Waals surface area contributed by atoms with Crippen LogP contribution in [0.25, 0.3) is 5.52 Å². The molecule has 2 aromatic heterocycles. The number of benzene rings is 1. The number of nitrogens with one attached hydrogen (secondary N) is 1. The van der Waals surface area contributed by atoms with Gasteiger partial charge in [-0.05, 0) is 42.5 Å². The van der Waals surface area contributed by atoms with E-state index in [0.29, 0.717) is 5.02 Å². The average Bonchev–Trinajstić information content (AvgIpc) is 3.29. The summed E-state index contributed by atoms with van der Waals surface area (Å²) in [6.45, 7) is 0. The van der Waals surface area contributed by atoms with Gasteiger partial charge in [0.15, 0.2) is 0 Å². The lowest BCUT2D eigenvalue weighted by molar-refractivity contribution is 0.586. The summed E-state index contributed by atoms with van der Waals surface area (Å²) in [5, 5.41) is 4.30. The molecule has 1 N–H and O–H groups in total. The second-order valence-corrected chi connectivity index (χ2v) is 8.01. The largest absolute Gasteiger partial charge is 0.276 e. The maximum Gasteiger partial charge on any atom is 0.265 e. The van der Waals surface area contributed by atoms with E-state index in [0.717, 1.165) is 31.2 Å². The summed E-state index contributed by atoms with van der Waals surface area (Å²) in [6.07, 6.45) is 4.19. The highest BCUT2D eigenvalue weighted by Gasteiger charge is 2.29. The first-order valence-electron chi connectivity index (χ1n) is 7.50. The predicted octanol–water partition coefficient (Wildman–Crippen LogP) is 3.94. The van der Waals surface area contributed by atoms with Crippen LogP contribution in [0, 0.1) is 11.6 Å². The first kappa shape index (κ1) is 16.3. The number of hydrogen-bond acceptors (Lipinski definition) is 3. The summed E-state index contributed by atoms with van der Waals surface area (Å²) in [5.41, 5.74) is 0.119. The smallest absolute Gasteiger partial charge is 0.265 e. The Balaban J connectivity index is 1.72. The fourth-order valence-electron chi connectivity index (χ4n) is 2.69. The molecule has 0 saturated heterocycles. The molecule has 0 bridgehead atoms. The molecular weight excluding hydrogens is 372 g/mol. The van der Waals surface area contributed by atoms with E-state index in [4.69, 9.17) is 11.6 Å². The molecule has 5 nitrogen and oxygen atoms in total. The highest BCUT2D eigenvalue weighted by Crippen LogP contribution is 2.42. The molecule has 2 heterocycles. The fourth-order valence-corrected chi connectivity index (χ4v) is 4.02. The highest BCUT2D eigenvalue weighted by molar-refractivity contribution is 7.93. The topological polar surface area (TPSA) is 63.5 Å². The molecule has 0 unspecified atom stereocenters. The Morgan fingerprint density at radius 2 is 1.96 bits per heavy atom. The number of anilines is 1. The Kier molecular flexibility index (Phi) is 3.69. The van der Waals surface area contributed by atoms with Crippen LogP contribution in [-0.2, 0) is 10.0 Å². The molecule has 0 spiro atoms. The van der Waals surface area contributed by atoms with Crippen molar-refractivity contribution >= 4 is 32.8 Å². The van der Waals surface area contributed by atoms with Crippen LogP contribution in [0.4, 0.5) is 14.5 Å². The van der Waals surface area contributed by atoms with Crippen molar-refractivity contribution in [1.29, 1.82) is 0 Å². The van der Waals surface area contributed by atoms with Crippen LogP contribution in [0.5, 0.6) is 0 Å². The van der Waals surface area contributed by atoms with E-state index in [1.165, 1.54) is 22.8 Å². The van der Waals surface area contributed by atoms with E-state index < -0.39 is 27.3 Å². The Morgan fingerprint density at radius 1 is 1.20 bits per heavy atom. The van der Waals surface area contributed by atoms with Crippen LogP contribution < -0.4 is 4.72 Å². The fraction of sp³-hybridized carbons (Fsp3) is 0.188. The maximum absolute atomic E-state index is 14.2. The van der Waals surface area contributed by atoms with Gasteiger partial charge in [0.1, 0.15) is 16.5 Å². The van der Waals surface area contributed by atoms with E-state index in [1.807, 2.05) is 0 Å². The summed E-state index contributed by atoms with van der Waals surface area (Å²) >= 11 is 5.84. The highest BCUT2D eigenvalue weighted by atomic mass is 35.5. The van der Waals surface area contributed by atoms with Crippen molar-refractivity contribution in [2.45, 2.75) is 23.7 Å². The van der Waals surface area contributed by atoms with Crippen LogP contribution in [0.1, 0.15) is 24.3 Å². The van der Waals surface area contributed by atoms with Gasteiger partial charge in [-0.15, -0.1) is 0 Å². The van der Waals surface area contributed by atoms with Crippen molar-refractivity contribution in [1.82, 2.24) is 9.61 Å². The first-order chi connectivity index (χ1) is 11.8. The second-order valence-electron chi connectivity index (χ2n) is 5.92. The summed E-state index contributed by atoms with van der Waals surface area (Å²) < 4.78 is 56.9. The molecule has 1 aliphatic rings. The summed E-state index contributed by atoms with van der Waals surface area (Å²) in [4.78, 5) is -0.157. The zero-order valence-electron chi connectivity index (χ0n) is 12.7. The third kappa shape index (κ3) is 2.96. The summed E-state index contributed by atoms with van der Waals surface area (Å²) in [7, 11) is -4.15. The van der Waals surface area contributed by atoms with Crippen LogP contribution in [0.15, 0.2) is 41.6 Å². The van der Waals surface area contributed by atoms with Crippen molar-refractivity contribution in [3.8, 4) is 0 Å². The van der Waals surface area contributed by atoms with Gasteiger partial charge in [-0.3, -0.25) is 4.72 Å². The number of pyridine rings is 1. The van der Waals surface area contributed by atoms with Gasteiger partial charge in [0.25, 0.3) is 10.0 Å². The molecular formula is C16H12ClF2N3O2S. The number of nitrogens with zero attached hydrogens (tertiary/aromatic N) is 2. The van der Waals surface area contributed by atoms with Gasteiger partial charge in [-0.2, -0.15) is 5.10 Å². The minimum atomic E-state index is -4.15. The van der Waals surface area contributed by atoms with Crippen LogP contribution in [0.3, 0.4) is 0 Å².